The number of aromatic nitrogens is 1. The lowest BCUT2D eigenvalue weighted by atomic mass is 9.74. The summed E-state index contributed by atoms with van der Waals surface area (Å²) in [6, 6.07) is 8.17. The number of piperidine rings is 1. The van der Waals surface area contributed by atoms with E-state index in [1.54, 1.807) is 0 Å². The highest BCUT2D eigenvalue weighted by atomic mass is 16.5. The molecule has 5 rings (SSSR count). The lowest BCUT2D eigenvalue weighted by Gasteiger charge is -2.41. The van der Waals surface area contributed by atoms with Crippen molar-refractivity contribution >= 4 is 22.8 Å². The molecule has 3 amide bonds. The summed E-state index contributed by atoms with van der Waals surface area (Å²) in [6.45, 7) is 5.98. The number of urea groups is 1. The zero-order chi connectivity index (χ0) is 22.1. The summed E-state index contributed by atoms with van der Waals surface area (Å²) in [5, 5.41) is 4.43. The average Bonchev–Trinajstić information content (AvgIpc) is 3.52. The van der Waals surface area contributed by atoms with Gasteiger partial charge in [0.1, 0.15) is 5.54 Å². The van der Waals surface area contributed by atoms with Gasteiger partial charge in [-0.3, -0.25) is 14.6 Å². The van der Waals surface area contributed by atoms with E-state index < -0.39 is 5.54 Å². The van der Waals surface area contributed by atoms with Crippen LogP contribution < -0.4 is 5.32 Å². The van der Waals surface area contributed by atoms with E-state index in [0.717, 1.165) is 58.3 Å². The standard InChI is InChI=1S/C25H34N4O3/c1-2-11-25(23(30)29(24(31)27-25)17-20-6-5-14-32-20)19-9-12-28(13-10-19)16-18-15-26-22-8-4-3-7-21(18)22/h3-4,7-8,15,19-20,26H,2,5-6,9-14,16-17H2,1H3,(H,27,31)/t20-,25+/m1/s1. The molecule has 1 aromatic carbocycles. The van der Waals surface area contributed by atoms with Crippen molar-refractivity contribution < 1.29 is 14.3 Å². The first-order chi connectivity index (χ1) is 15.6. The maximum absolute atomic E-state index is 13.6. The van der Waals surface area contributed by atoms with Crippen LogP contribution in [0, 0.1) is 5.92 Å². The van der Waals surface area contributed by atoms with Crippen molar-refractivity contribution in [1.29, 1.82) is 0 Å². The van der Waals surface area contributed by atoms with Gasteiger partial charge in [-0.15, -0.1) is 0 Å². The Bertz CT molecular complexity index is 974. The molecule has 3 aliphatic heterocycles. The number of carbonyl (C=O) groups is 2. The SMILES string of the molecule is CCC[C@@]1(C2CCN(Cc3c[nH]c4ccccc34)CC2)NC(=O)N(C[C@H]2CCCO2)C1=O. The number of hydrogen-bond donors (Lipinski definition) is 2. The van der Waals surface area contributed by atoms with E-state index in [9.17, 15) is 9.59 Å². The molecule has 0 unspecified atom stereocenters. The molecule has 0 radical (unpaired) electrons. The summed E-state index contributed by atoms with van der Waals surface area (Å²) in [6.07, 6.45) is 7.43. The van der Waals surface area contributed by atoms with E-state index in [4.69, 9.17) is 4.74 Å². The number of H-pyrrole nitrogens is 1. The minimum Gasteiger partial charge on any atom is -0.376 e. The third-order valence-corrected chi connectivity index (χ3v) is 7.61. The molecule has 32 heavy (non-hydrogen) atoms. The van der Waals surface area contributed by atoms with E-state index >= 15 is 0 Å². The zero-order valence-electron chi connectivity index (χ0n) is 18.9. The highest BCUT2D eigenvalue weighted by Gasteiger charge is 2.55. The van der Waals surface area contributed by atoms with Gasteiger partial charge >= 0.3 is 6.03 Å². The Morgan fingerprint density at radius 1 is 1.16 bits per heavy atom. The van der Waals surface area contributed by atoms with Crippen LogP contribution in [0.5, 0.6) is 0 Å². The van der Waals surface area contributed by atoms with Crippen LogP contribution in [0.2, 0.25) is 0 Å². The molecule has 0 spiro atoms. The van der Waals surface area contributed by atoms with Gasteiger partial charge in [-0.1, -0.05) is 31.5 Å². The Morgan fingerprint density at radius 2 is 1.97 bits per heavy atom. The van der Waals surface area contributed by atoms with Crippen LogP contribution in [0.3, 0.4) is 0 Å². The van der Waals surface area contributed by atoms with Crippen molar-refractivity contribution in [2.24, 2.45) is 5.92 Å². The van der Waals surface area contributed by atoms with Gasteiger partial charge in [-0.2, -0.15) is 0 Å². The first-order valence-electron chi connectivity index (χ1n) is 12.1. The van der Waals surface area contributed by atoms with E-state index in [2.05, 4.69) is 52.6 Å². The summed E-state index contributed by atoms with van der Waals surface area (Å²) in [5.41, 5.74) is 1.73. The van der Waals surface area contributed by atoms with Gasteiger partial charge in [-0.05, 0) is 62.7 Å². The molecule has 172 valence electrons. The second-order valence-electron chi connectivity index (χ2n) is 9.61. The van der Waals surface area contributed by atoms with Crippen molar-refractivity contribution in [3.8, 4) is 0 Å². The van der Waals surface area contributed by atoms with Crippen LogP contribution in [0.15, 0.2) is 30.5 Å². The molecule has 0 bridgehead atoms. The van der Waals surface area contributed by atoms with E-state index in [0.29, 0.717) is 13.0 Å². The molecule has 2 aromatic rings. The van der Waals surface area contributed by atoms with Crippen molar-refractivity contribution in [2.45, 2.75) is 63.6 Å². The van der Waals surface area contributed by atoms with Crippen LogP contribution in [0.1, 0.15) is 51.0 Å². The molecule has 7 heteroatoms. The van der Waals surface area contributed by atoms with Crippen molar-refractivity contribution in [3.63, 3.8) is 0 Å². The number of ether oxygens (including phenoxy) is 1. The van der Waals surface area contributed by atoms with Gasteiger partial charge < -0.3 is 15.0 Å². The summed E-state index contributed by atoms with van der Waals surface area (Å²) in [4.78, 5) is 33.7. The predicted molar refractivity (Wildman–Crippen MR) is 123 cm³/mol. The highest BCUT2D eigenvalue weighted by Crippen LogP contribution is 2.38. The lowest BCUT2D eigenvalue weighted by molar-refractivity contribution is -0.135. The van der Waals surface area contributed by atoms with Crippen molar-refractivity contribution in [3.05, 3.63) is 36.0 Å². The fourth-order valence-electron chi connectivity index (χ4n) is 5.93. The largest absolute Gasteiger partial charge is 0.376 e. The van der Waals surface area contributed by atoms with E-state index in [1.165, 1.54) is 21.4 Å². The number of likely N-dealkylation sites (tertiary alicyclic amines) is 1. The number of rotatable bonds is 7. The number of fused-ring (bicyclic) bond motifs is 1. The summed E-state index contributed by atoms with van der Waals surface area (Å²) < 4.78 is 5.70. The Morgan fingerprint density at radius 3 is 2.72 bits per heavy atom. The van der Waals surface area contributed by atoms with Crippen LogP contribution in [-0.2, 0) is 16.1 Å². The minimum absolute atomic E-state index is 0.0138. The fraction of sp³-hybridized carbons (Fsp3) is 0.600. The zero-order valence-corrected chi connectivity index (χ0v) is 18.9. The topological polar surface area (TPSA) is 77.7 Å². The number of nitrogens with one attached hydrogen (secondary N) is 2. The number of carbonyl (C=O) groups excluding carboxylic acids is 2. The summed E-state index contributed by atoms with van der Waals surface area (Å²) in [5.74, 6) is 0.141. The van der Waals surface area contributed by atoms with E-state index in [1.807, 2.05) is 0 Å². The predicted octanol–water partition coefficient (Wildman–Crippen LogP) is 3.65. The van der Waals surface area contributed by atoms with Gasteiger partial charge in [0.25, 0.3) is 5.91 Å². The minimum atomic E-state index is -0.753. The maximum Gasteiger partial charge on any atom is 0.325 e. The van der Waals surface area contributed by atoms with Crippen molar-refractivity contribution in [1.82, 2.24) is 20.1 Å². The first kappa shape index (κ1) is 21.5. The summed E-state index contributed by atoms with van der Waals surface area (Å²) in [7, 11) is 0. The number of aromatic amines is 1. The van der Waals surface area contributed by atoms with Gasteiger partial charge in [0.05, 0.1) is 12.6 Å². The smallest absolute Gasteiger partial charge is 0.325 e. The second kappa shape index (κ2) is 8.87. The molecule has 0 saturated carbocycles. The number of amides is 3. The number of hydrogen-bond acceptors (Lipinski definition) is 4. The molecule has 0 aliphatic carbocycles. The normalized spacial score (nSPS) is 27.5. The molecule has 4 heterocycles. The Balaban J connectivity index is 1.26. The number of para-hydroxylation sites is 1. The van der Waals surface area contributed by atoms with E-state index in [-0.39, 0.29) is 24.0 Å². The number of nitrogens with zero attached hydrogens (tertiary/aromatic N) is 2. The number of imide groups is 1. The average molecular weight is 439 g/mol. The second-order valence-corrected chi connectivity index (χ2v) is 9.61. The highest BCUT2D eigenvalue weighted by molar-refractivity contribution is 6.07. The summed E-state index contributed by atoms with van der Waals surface area (Å²) >= 11 is 0. The van der Waals surface area contributed by atoms with Crippen LogP contribution in [-0.4, -0.2) is 64.6 Å². The molecule has 2 atom stereocenters. The van der Waals surface area contributed by atoms with Crippen LogP contribution >= 0.6 is 0 Å². The molecule has 3 saturated heterocycles. The van der Waals surface area contributed by atoms with Gasteiger partial charge in [0.2, 0.25) is 0 Å². The first-order valence-corrected chi connectivity index (χ1v) is 12.1. The Kier molecular flexibility index (Phi) is 5.95. The third-order valence-electron chi connectivity index (χ3n) is 7.61. The van der Waals surface area contributed by atoms with Crippen LogP contribution in [0.25, 0.3) is 10.9 Å². The molecule has 7 nitrogen and oxygen atoms in total. The Hall–Kier alpha value is -2.38. The molecule has 3 aliphatic rings. The fourth-order valence-corrected chi connectivity index (χ4v) is 5.93. The molecular weight excluding hydrogens is 404 g/mol. The quantitative estimate of drug-likeness (QED) is 0.647. The monoisotopic (exact) mass is 438 g/mol. The lowest BCUT2D eigenvalue weighted by Crippen LogP contribution is -2.56. The molecule has 2 N–H and O–H groups in total. The van der Waals surface area contributed by atoms with Gasteiger partial charge in [0.15, 0.2) is 0 Å². The third kappa shape index (κ3) is 3.82. The molecule has 3 fully saturated rings. The van der Waals surface area contributed by atoms with Gasteiger partial charge in [-0.25, -0.2) is 4.79 Å². The number of benzene rings is 1. The molecular formula is C25H34N4O3. The molecule has 1 aromatic heterocycles. The maximum atomic E-state index is 13.6. The van der Waals surface area contributed by atoms with Crippen molar-refractivity contribution in [2.75, 3.05) is 26.2 Å². The Labute approximate surface area is 189 Å². The van der Waals surface area contributed by atoms with Gasteiger partial charge in [0, 0.05) is 30.3 Å². The van der Waals surface area contributed by atoms with Crippen LogP contribution in [0.4, 0.5) is 4.79 Å².